The van der Waals surface area contributed by atoms with Gasteiger partial charge in [-0.2, -0.15) is 0 Å². The molecule has 0 unspecified atom stereocenters. The molecule has 0 saturated carbocycles. The van der Waals surface area contributed by atoms with Crippen LogP contribution in [0.15, 0.2) is 105 Å². The fraction of sp³-hybridized carbons (Fsp3) is 0.0870. The number of carbonyl (C=O) groups excluding carboxylic acids is 1. The Morgan fingerprint density at radius 2 is 1.44 bits per heavy atom. The molecule has 0 aliphatic heterocycles. The van der Waals surface area contributed by atoms with Crippen molar-refractivity contribution in [3.63, 3.8) is 0 Å². The summed E-state index contributed by atoms with van der Waals surface area (Å²) in [5.41, 5.74) is 0.437. The van der Waals surface area contributed by atoms with Gasteiger partial charge in [0.15, 0.2) is 26.3 Å². The number of benzene rings is 3. The average molecular weight is 379 g/mol. The summed E-state index contributed by atoms with van der Waals surface area (Å²) in [7, 11) is -0.448. The Kier molecular flexibility index (Phi) is 6.09. The van der Waals surface area contributed by atoms with Gasteiger partial charge in [-0.1, -0.05) is 42.5 Å². The molecule has 4 heteroatoms. The van der Waals surface area contributed by atoms with Crippen LogP contribution in [0.25, 0.3) is 0 Å². The minimum Gasteiger partial charge on any atom is -0.420 e. The normalized spacial score (nSPS) is 11.5. The van der Waals surface area contributed by atoms with Crippen LogP contribution in [0.5, 0.6) is 5.75 Å². The quantitative estimate of drug-likeness (QED) is 0.243. The smallest absolute Gasteiger partial charge is 0.338 e. The number of carbonyl (C=O) groups is 1. The number of hydrogen-bond acceptors (Lipinski definition) is 2. The molecule has 0 N–H and O–H groups in total. The van der Waals surface area contributed by atoms with Gasteiger partial charge in [-0.05, 0) is 50.2 Å². The van der Waals surface area contributed by atoms with Gasteiger partial charge in [0.2, 0.25) is 0 Å². The van der Waals surface area contributed by atoms with Gasteiger partial charge in [-0.25, -0.2) is 9.18 Å². The van der Waals surface area contributed by atoms with Crippen LogP contribution < -0.4 is 4.74 Å². The second kappa shape index (κ2) is 8.69. The third kappa shape index (κ3) is 4.47. The first-order chi connectivity index (χ1) is 13.1. The molecule has 27 heavy (non-hydrogen) atoms. The largest absolute Gasteiger partial charge is 0.420 e. The van der Waals surface area contributed by atoms with Crippen molar-refractivity contribution in [2.75, 3.05) is 0 Å². The molecule has 3 rings (SSSR count). The van der Waals surface area contributed by atoms with Gasteiger partial charge < -0.3 is 4.74 Å². The van der Waals surface area contributed by atoms with Crippen LogP contribution in [0.2, 0.25) is 0 Å². The molecule has 0 atom stereocenters. The lowest BCUT2D eigenvalue weighted by molar-refractivity contribution is -0.130. The monoisotopic (exact) mass is 379 g/mol. The van der Waals surface area contributed by atoms with E-state index in [9.17, 15) is 9.18 Å². The lowest BCUT2D eigenvalue weighted by atomic mass is 10.3. The molecule has 0 radical (unpaired) electrons. The molecule has 0 heterocycles. The van der Waals surface area contributed by atoms with Crippen molar-refractivity contribution in [1.82, 2.24) is 0 Å². The van der Waals surface area contributed by atoms with E-state index in [4.69, 9.17) is 4.74 Å². The van der Waals surface area contributed by atoms with Crippen LogP contribution in [0, 0.1) is 5.82 Å². The zero-order chi connectivity index (χ0) is 19.2. The van der Waals surface area contributed by atoms with Gasteiger partial charge in [0, 0.05) is 11.6 Å². The molecular formula is C23H20FO2S+. The van der Waals surface area contributed by atoms with Crippen molar-refractivity contribution >= 4 is 16.9 Å². The third-order valence-corrected chi connectivity index (χ3v) is 6.27. The lowest BCUT2D eigenvalue weighted by Crippen LogP contribution is -2.11. The number of halogens is 1. The third-order valence-electron chi connectivity index (χ3n) is 4.05. The van der Waals surface area contributed by atoms with Crippen molar-refractivity contribution in [2.24, 2.45) is 0 Å². The van der Waals surface area contributed by atoms with Crippen LogP contribution in [0.4, 0.5) is 4.39 Å². The molecule has 0 saturated heterocycles. The summed E-state index contributed by atoms with van der Waals surface area (Å²) in [6.07, 6.45) is 1.64. The van der Waals surface area contributed by atoms with Crippen molar-refractivity contribution in [1.29, 1.82) is 0 Å². The second-order valence-corrected chi connectivity index (χ2v) is 7.91. The van der Waals surface area contributed by atoms with E-state index in [0.717, 1.165) is 14.7 Å². The van der Waals surface area contributed by atoms with Gasteiger partial charge in [0.05, 0.1) is 10.9 Å². The highest BCUT2D eigenvalue weighted by atomic mass is 32.2. The van der Waals surface area contributed by atoms with Gasteiger partial charge in [0.25, 0.3) is 0 Å². The fourth-order valence-corrected chi connectivity index (χ4v) is 4.61. The number of allylic oxidation sites excluding steroid dienone is 1. The van der Waals surface area contributed by atoms with Crippen molar-refractivity contribution in [3.8, 4) is 5.75 Å². The number of rotatable bonds is 5. The minimum absolute atomic E-state index is 0.0605. The van der Waals surface area contributed by atoms with Crippen LogP contribution in [0.1, 0.15) is 13.8 Å². The molecule has 0 fully saturated rings. The average Bonchev–Trinajstić information content (AvgIpc) is 2.71. The molecule has 136 valence electrons. The summed E-state index contributed by atoms with van der Waals surface area (Å²) in [5.74, 6) is -1.15. The van der Waals surface area contributed by atoms with Gasteiger partial charge in [0.1, 0.15) is 0 Å². The Labute approximate surface area is 161 Å². The van der Waals surface area contributed by atoms with E-state index in [1.807, 2.05) is 66.7 Å². The highest BCUT2D eigenvalue weighted by Gasteiger charge is 2.29. The van der Waals surface area contributed by atoms with E-state index in [0.29, 0.717) is 5.57 Å². The van der Waals surface area contributed by atoms with Crippen LogP contribution in [-0.4, -0.2) is 5.97 Å². The van der Waals surface area contributed by atoms with Gasteiger partial charge in [-0.3, -0.25) is 0 Å². The topological polar surface area (TPSA) is 26.3 Å². The van der Waals surface area contributed by atoms with E-state index in [2.05, 4.69) is 0 Å². The van der Waals surface area contributed by atoms with Crippen LogP contribution in [0.3, 0.4) is 0 Å². The Morgan fingerprint density at radius 1 is 0.889 bits per heavy atom. The van der Waals surface area contributed by atoms with E-state index in [1.54, 1.807) is 19.9 Å². The van der Waals surface area contributed by atoms with Crippen LogP contribution >= 0.6 is 0 Å². The van der Waals surface area contributed by atoms with E-state index in [1.165, 1.54) is 12.1 Å². The summed E-state index contributed by atoms with van der Waals surface area (Å²) in [5, 5.41) is 0. The number of ether oxygens (including phenoxy) is 1. The summed E-state index contributed by atoms with van der Waals surface area (Å²) < 4.78 is 19.8. The maximum absolute atomic E-state index is 14.7. The first-order valence-electron chi connectivity index (χ1n) is 8.59. The molecule has 0 aliphatic carbocycles. The first-order valence-corrected chi connectivity index (χ1v) is 9.81. The van der Waals surface area contributed by atoms with Crippen molar-refractivity contribution < 1.29 is 13.9 Å². The van der Waals surface area contributed by atoms with Crippen molar-refractivity contribution in [3.05, 3.63) is 96.3 Å². The predicted octanol–water partition coefficient (Wildman–Crippen LogP) is 5.79. The van der Waals surface area contributed by atoms with Crippen molar-refractivity contribution in [2.45, 2.75) is 28.5 Å². The molecule has 0 bridgehead atoms. The van der Waals surface area contributed by atoms with E-state index >= 15 is 0 Å². The molecular weight excluding hydrogens is 359 g/mol. The Morgan fingerprint density at radius 3 is 1.93 bits per heavy atom. The zero-order valence-electron chi connectivity index (χ0n) is 15.2. The fourth-order valence-electron chi connectivity index (χ4n) is 2.51. The standard InChI is InChI=1S/C23H20FO2S/c1-3-17(2)23(25)26-22-15-14-20(16-21(22)24)27(18-10-6-4-7-11-18)19-12-8-5-9-13-19/h3-16H,1-2H3/q+1/b17-3+. The van der Waals surface area contributed by atoms with Gasteiger partial charge >= 0.3 is 5.97 Å². The zero-order valence-corrected chi connectivity index (χ0v) is 16.0. The predicted molar refractivity (Wildman–Crippen MR) is 107 cm³/mol. The maximum Gasteiger partial charge on any atom is 0.338 e. The summed E-state index contributed by atoms with van der Waals surface area (Å²) in [6.45, 7) is 3.37. The number of esters is 1. The molecule has 0 amide bonds. The Hall–Kier alpha value is -2.85. The minimum atomic E-state index is -0.547. The summed E-state index contributed by atoms with van der Waals surface area (Å²) in [4.78, 5) is 14.9. The summed E-state index contributed by atoms with van der Waals surface area (Å²) >= 11 is 0. The van der Waals surface area contributed by atoms with Crippen LogP contribution in [-0.2, 0) is 15.7 Å². The van der Waals surface area contributed by atoms with Gasteiger partial charge in [-0.15, -0.1) is 0 Å². The summed E-state index contributed by atoms with van der Waals surface area (Å²) in [6, 6.07) is 24.8. The molecule has 0 spiro atoms. The highest BCUT2D eigenvalue weighted by Crippen LogP contribution is 2.33. The molecule has 0 aliphatic rings. The Bertz CT molecular complexity index is 913. The SMILES string of the molecule is C/C=C(\C)C(=O)Oc1ccc([S+](c2ccccc2)c2ccccc2)cc1F. The Balaban J connectivity index is 1.99. The number of hydrogen-bond donors (Lipinski definition) is 0. The highest BCUT2D eigenvalue weighted by molar-refractivity contribution is 7.97. The molecule has 3 aromatic rings. The first kappa shape index (κ1) is 18.9. The van der Waals surface area contributed by atoms with E-state index in [-0.39, 0.29) is 5.75 Å². The molecule has 3 aromatic carbocycles. The second-order valence-electron chi connectivity index (χ2n) is 5.89. The maximum atomic E-state index is 14.7. The lowest BCUT2D eigenvalue weighted by Gasteiger charge is -2.10. The molecule has 0 aromatic heterocycles. The van der Waals surface area contributed by atoms with E-state index < -0.39 is 22.7 Å². The molecule has 2 nitrogen and oxygen atoms in total.